The van der Waals surface area contributed by atoms with Crippen molar-refractivity contribution >= 4 is 23.2 Å². The molecule has 132 valence electrons. The quantitative estimate of drug-likeness (QED) is 0.831. The van der Waals surface area contributed by atoms with Crippen molar-refractivity contribution < 1.29 is 14.3 Å². The SMILES string of the molecule is Cc1ccc(CNC(=O)COC(=O)c2cc3c(s2)CC[C@@H](C)C3)cc1. The maximum absolute atomic E-state index is 12.2. The molecule has 0 radical (unpaired) electrons. The summed E-state index contributed by atoms with van der Waals surface area (Å²) < 4.78 is 5.16. The van der Waals surface area contributed by atoms with Gasteiger partial charge in [-0.3, -0.25) is 4.79 Å². The molecule has 4 nitrogen and oxygen atoms in total. The van der Waals surface area contributed by atoms with Crippen LogP contribution in [0.15, 0.2) is 30.3 Å². The van der Waals surface area contributed by atoms with E-state index in [0.717, 1.165) is 18.4 Å². The molecule has 0 saturated carbocycles. The van der Waals surface area contributed by atoms with Crippen molar-refractivity contribution in [1.82, 2.24) is 5.32 Å². The fourth-order valence-electron chi connectivity index (χ4n) is 2.97. The molecular weight excluding hydrogens is 334 g/mol. The van der Waals surface area contributed by atoms with Gasteiger partial charge < -0.3 is 10.1 Å². The maximum Gasteiger partial charge on any atom is 0.348 e. The van der Waals surface area contributed by atoms with Gasteiger partial charge in [-0.15, -0.1) is 11.3 Å². The van der Waals surface area contributed by atoms with Crippen molar-refractivity contribution in [3.8, 4) is 0 Å². The summed E-state index contributed by atoms with van der Waals surface area (Å²) in [7, 11) is 0. The molecule has 1 aromatic heterocycles. The molecule has 0 aliphatic heterocycles. The average Bonchev–Trinajstić information content (AvgIpc) is 3.02. The molecule has 2 aromatic rings. The van der Waals surface area contributed by atoms with Crippen LogP contribution in [0.4, 0.5) is 0 Å². The van der Waals surface area contributed by atoms with Crippen LogP contribution in [0.25, 0.3) is 0 Å². The standard InChI is InChI=1S/C20H23NO3S/c1-13-3-6-15(7-4-13)11-21-19(22)12-24-20(23)18-10-16-9-14(2)5-8-17(16)25-18/h3-4,6-7,10,14H,5,8-9,11-12H2,1-2H3,(H,21,22)/t14-/m1/s1. The molecule has 1 aromatic carbocycles. The molecule has 1 heterocycles. The van der Waals surface area contributed by atoms with E-state index in [-0.39, 0.29) is 12.5 Å². The van der Waals surface area contributed by atoms with Crippen LogP contribution in [0.3, 0.4) is 0 Å². The summed E-state index contributed by atoms with van der Waals surface area (Å²) in [4.78, 5) is 25.9. The second kappa shape index (κ2) is 7.83. The highest BCUT2D eigenvalue weighted by atomic mass is 32.1. The van der Waals surface area contributed by atoms with E-state index in [0.29, 0.717) is 17.3 Å². The third-order valence-electron chi connectivity index (χ3n) is 4.48. The third kappa shape index (κ3) is 4.69. The molecule has 1 aliphatic carbocycles. The number of fused-ring (bicyclic) bond motifs is 1. The number of esters is 1. The van der Waals surface area contributed by atoms with Crippen molar-refractivity contribution in [1.29, 1.82) is 0 Å². The number of thiophene rings is 1. The van der Waals surface area contributed by atoms with E-state index in [1.807, 2.05) is 37.3 Å². The van der Waals surface area contributed by atoms with E-state index < -0.39 is 5.97 Å². The van der Waals surface area contributed by atoms with Gasteiger partial charge in [0.05, 0.1) is 0 Å². The molecule has 1 N–H and O–H groups in total. The second-order valence-corrected chi connectivity index (χ2v) is 7.88. The van der Waals surface area contributed by atoms with Crippen LogP contribution in [-0.2, 0) is 28.9 Å². The van der Waals surface area contributed by atoms with Crippen LogP contribution in [0.1, 0.15) is 44.6 Å². The molecule has 0 spiro atoms. The average molecular weight is 357 g/mol. The normalized spacial score (nSPS) is 16.2. The van der Waals surface area contributed by atoms with Gasteiger partial charge in [-0.25, -0.2) is 4.79 Å². The molecule has 3 rings (SSSR count). The summed E-state index contributed by atoms with van der Waals surface area (Å²) in [6, 6.07) is 9.88. The summed E-state index contributed by atoms with van der Waals surface area (Å²) in [6.45, 7) is 4.44. The van der Waals surface area contributed by atoms with E-state index in [4.69, 9.17) is 4.74 Å². The molecule has 5 heteroatoms. The highest BCUT2D eigenvalue weighted by Gasteiger charge is 2.21. The number of hydrogen-bond acceptors (Lipinski definition) is 4. The van der Waals surface area contributed by atoms with E-state index in [9.17, 15) is 9.59 Å². The van der Waals surface area contributed by atoms with E-state index >= 15 is 0 Å². The monoisotopic (exact) mass is 357 g/mol. The number of amides is 1. The van der Waals surface area contributed by atoms with Gasteiger partial charge in [0, 0.05) is 11.4 Å². The van der Waals surface area contributed by atoms with Crippen molar-refractivity contribution in [2.75, 3.05) is 6.61 Å². The molecule has 1 atom stereocenters. The van der Waals surface area contributed by atoms with Crippen LogP contribution in [0.5, 0.6) is 0 Å². The lowest BCUT2D eigenvalue weighted by Gasteiger charge is -2.16. The Kier molecular flexibility index (Phi) is 5.53. The van der Waals surface area contributed by atoms with Crippen molar-refractivity contribution in [2.24, 2.45) is 5.92 Å². The maximum atomic E-state index is 12.2. The smallest absolute Gasteiger partial charge is 0.348 e. The molecular formula is C20H23NO3S. The van der Waals surface area contributed by atoms with Gasteiger partial charge in [0.2, 0.25) is 0 Å². The Morgan fingerprint density at radius 2 is 2.04 bits per heavy atom. The summed E-state index contributed by atoms with van der Waals surface area (Å²) in [5, 5.41) is 2.77. The van der Waals surface area contributed by atoms with Crippen molar-refractivity contribution in [3.63, 3.8) is 0 Å². The zero-order chi connectivity index (χ0) is 17.8. The van der Waals surface area contributed by atoms with Crippen molar-refractivity contribution in [2.45, 2.75) is 39.7 Å². The number of hydrogen-bond donors (Lipinski definition) is 1. The van der Waals surface area contributed by atoms with Crippen LogP contribution in [0.2, 0.25) is 0 Å². The Morgan fingerprint density at radius 1 is 1.28 bits per heavy atom. The minimum atomic E-state index is -0.405. The molecule has 1 aliphatic rings. The first-order chi connectivity index (χ1) is 12.0. The number of ether oxygens (including phenoxy) is 1. The first-order valence-corrected chi connectivity index (χ1v) is 9.44. The minimum Gasteiger partial charge on any atom is -0.451 e. The lowest BCUT2D eigenvalue weighted by molar-refractivity contribution is -0.124. The van der Waals surface area contributed by atoms with Gasteiger partial charge in [0.15, 0.2) is 6.61 Å². The Hall–Kier alpha value is -2.14. The van der Waals surface area contributed by atoms with Gasteiger partial charge in [-0.05, 0) is 49.3 Å². The first-order valence-electron chi connectivity index (χ1n) is 8.62. The second-order valence-electron chi connectivity index (χ2n) is 6.75. The number of nitrogens with one attached hydrogen (secondary N) is 1. The Balaban J connectivity index is 1.47. The fraction of sp³-hybridized carbons (Fsp3) is 0.400. The van der Waals surface area contributed by atoms with Crippen LogP contribution < -0.4 is 5.32 Å². The largest absolute Gasteiger partial charge is 0.451 e. The van der Waals surface area contributed by atoms with Crippen molar-refractivity contribution in [3.05, 3.63) is 56.8 Å². The number of carbonyl (C=O) groups excluding carboxylic acids is 2. The van der Waals surface area contributed by atoms with Gasteiger partial charge in [-0.1, -0.05) is 36.8 Å². The third-order valence-corrected chi connectivity index (χ3v) is 5.69. The minimum absolute atomic E-state index is 0.246. The zero-order valence-corrected chi connectivity index (χ0v) is 15.4. The summed E-state index contributed by atoms with van der Waals surface area (Å²) in [5.74, 6) is -0.0278. The summed E-state index contributed by atoms with van der Waals surface area (Å²) in [5.41, 5.74) is 3.46. The van der Waals surface area contributed by atoms with E-state index in [1.165, 1.54) is 33.8 Å². The zero-order valence-electron chi connectivity index (χ0n) is 14.6. The van der Waals surface area contributed by atoms with Gasteiger partial charge in [0.1, 0.15) is 4.88 Å². The first kappa shape index (κ1) is 17.7. The van der Waals surface area contributed by atoms with Crippen LogP contribution in [0, 0.1) is 12.8 Å². The molecule has 1 amide bonds. The predicted molar refractivity (Wildman–Crippen MR) is 98.8 cm³/mol. The molecule has 0 fully saturated rings. The lowest BCUT2D eigenvalue weighted by atomic mass is 9.90. The molecule has 0 bridgehead atoms. The topological polar surface area (TPSA) is 55.4 Å². The summed E-state index contributed by atoms with van der Waals surface area (Å²) in [6.07, 6.45) is 3.23. The summed E-state index contributed by atoms with van der Waals surface area (Å²) >= 11 is 1.50. The van der Waals surface area contributed by atoms with E-state index in [2.05, 4.69) is 12.2 Å². The van der Waals surface area contributed by atoms with Crippen LogP contribution in [-0.4, -0.2) is 18.5 Å². The van der Waals surface area contributed by atoms with E-state index in [1.54, 1.807) is 0 Å². The van der Waals surface area contributed by atoms with Gasteiger partial charge in [-0.2, -0.15) is 0 Å². The van der Waals surface area contributed by atoms with Crippen LogP contribution >= 0.6 is 11.3 Å². The number of rotatable bonds is 5. The van der Waals surface area contributed by atoms with Gasteiger partial charge in [0.25, 0.3) is 5.91 Å². The number of carbonyl (C=O) groups is 2. The molecule has 0 saturated heterocycles. The fourth-order valence-corrected chi connectivity index (χ4v) is 4.07. The Morgan fingerprint density at radius 3 is 2.80 bits per heavy atom. The Bertz CT molecular complexity index is 764. The predicted octanol–water partition coefficient (Wildman–Crippen LogP) is 3.65. The number of aryl methyl sites for hydroxylation is 2. The Labute approximate surface area is 152 Å². The highest BCUT2D eigenvalue weighted by molar-refractivity contribution is 7.14. The molecule has 25 heavy (non-hydrogen) atoms. The highest BCUT2D eigenvalue weighted by Crippen LogP contribution is 2.32. The van der Waals surface area contributed by atoms with Gasteiger partial charge >= 0.3 is 5.97 Å². The lowest BCUT2D eigenvalue weighted by Crippen LogP contribution is -2.28. The number of benzene rings is 1. The molecule has 0 unspecified atom stereocenters.